The van der Waals surface area contributed by atoms with E-state index in [4.69, 9.17) is 18.8 Å². The molecule has 1 aliphatic rings. The Hall–Kier alpha value is -6.68. The van der Waals surface area contributed by atoms with Crippen LogP contribution in [0.15, 0.2) is 130 Å². The van der Waals surface area contributed by atoms with Crippen molar-refractivity contribution >= 4 is 0 Å². The number of fused-ring (bicyclic) bond motifs is 3. The second-order valence-electron chi connectivity index (χ2n) is 11.0. The van der Waals surface area contributed by atoms with Gasteiger partial charge in [-0.25, -0.2) is 9.97 Å². The lowest BCUT2D eigenvalue weighted by molar-refractivity contribution is 0.582. The fourth-order valence-corrected chi connectivity index (χ4v) is 5.78. The van der Waals surface area contributed by atoms with Crippen molar-refractivity contribution < 1.29 is 8.83 Å². The lowest BCUT2D eigenvalue weighted by Gasteiger charge is -2.03. The zero-order valence-corrected chi connectivity index (χ0v) is 24.6. The van der Waals surface area contributed by atoms with Gasteiger partial charge in [0, 0.05) is 23.5 Å². The van der Waals surface area contributed by atoms with Gasteiger partial charge in [-0.05, 0) is 101 Å². The van der Waals surface area contributed by atoms with Gasteiger partial charge < -0.3 is 8.83 Å². The summed E-state index contributed by atoms with van der Waals surface area (Å²) in [7, 11) is 0. The summed E-state index contributed by atoms with van der Waals surface area (Å²) in [6.45, 7) is 0. The SMILES string of the molecule is c1ccc(-c2cccc(-c3nnc(-c4ccc5c(c4)Cc4cc(-c6nnc(-c7cccc(-c8ccccn8)n7)o6)ccc4-5)o3)n2)nc1. The summed E-state index contributed by atoms with van der Waals surface area (Å²) < 4.78 is 12.2. The number of rotatable bonds is 6. The molecule has 0 spiro atoms. The molecule has 6 heterocycles. The lowest BCUT2D eigenvalue weighted by Crippen LogP contribution is -1.89. The number of benzene rings is 2. The molecule has 0 atom stereocenters. The minimum atomic E-state index is 0.351. The van der Waals surface area contributed by atoms with Crippen molar-refractivity contribution in [3.8, 4) is 80.0 Å². The first-order valence-electron chi connectivity index (χ1n) is 15.0. The van der Waals surface area contributed by atoms with Gasteiger partial charge in [0.15, 0.2) is 0 Å². The molecular weight excluding hydrogens is 588 g/mol. The summed E-state index contributed by atoms with van der Waals surface area (Å²) in [6.07, 6.45) is 4.23. The zero-order valence-electron chi connectivity index (χ0n) is 24.6. The molecule has 0 aliphatic heterocycles. The smallest absolute Gasteiger partial charge is 0.266 e. The first-order chi connectivity index (χ1) is 23.2. The molecule has 0 N–H and O–H groups in total. The van der Waals surface area contributed by atoms with Gasteiger partial charge in [0.2, 0.25) is 11.8 Å². The molecular formula is C37H22N8O2. The largest absolute Gasteiger partial charge is 0.415 e. The molecule has 10 nitrogen and oxygen atoms in total. The van der Waals surface area contributed by atoms with Gasteiger partial charge in [-0.15, -0.1) is 20.4 Å². The Morgan fingerprint density at radius 1 is 0.404 bits per heavy atom. The monoisotopic (exact) mass is 610 g/mol. The van der Waals surface area contributed by atoms with Crippen LogP contribution >= 0.6 is 0 Å². The normalized spacial score (nSPS) is 11.7. The van der Waals surface area contributed by atoms with Gasteiger partial charge in [0.1, 0.15) is 11.4 Å². The quantitative estimate of drug-likeness (QED) is 0.185. The second kappa shape index (κ2) is 11.0. The van der Waals surface area contributed by atoms with Crippen LogP contribution in [0.4, 0.5) is 0 Å². The molecule has 0 fully saturated rings. The maximum Gasteiger partial charge on any atom is 0.266 e. The highest BCUT2D eigenvalue weighted by atomic mass is 16.4. The highest BCUT2D eigenvalue weighted by molar-refractivity contribution is 5.81. The van der Waals surface area contributed by atoms with E-state index < -0.39 is 0 Å². The van der Waals surface area contributed by atoms with E-state index in [9.17, 15) is 0 Å². The van der Waals surface area contributed by atoms with Crippen LogP contribution in [0.3, 0.4) is 0 Å². The van der Waals surface area contributed by atoms with E-state index >= 15 is 0 Å². The first kappa shape index (κ1) is 26.7. The van der Waals surface area contributed by atoms with Crippen molar-refractivity contribution in [2.45, 2.75) is 6.42 Å². The molecule has 0 saturated carbocycles. The van der Waals surface area contributed by atoms with E-state index in [0.717, 1.165) is 40.3 Å². The Labute approximate surface area is 267 Å². The van der Waals surface area contributed by atoms with Crippen LogP contribution in [0.5, 0.6) is 0 Å². The third-order valence-electron chi connectivity index (χ3n) is 8.02. The maximum atomic E-state index is 6.09. The van der Waals surface area contributed by atoms with Crippen LogP contribution < -0.4 is 0 Å². The van der Waals surface area contributed by atoms with E-state index in [-0.39, 0.29) is 0 Å². The molecule has 0 saturated heterocycles. The standard InChI is InChI=1S/C37H22N8O2/c1-3-17-38-28(7-1)30-9-5-11-32(40-30)36-44-42-34(46-36)22-13-15-26-24(19-22)21-25-20-23(14-16-27(25)26)35-43-45-37(47-35)33-12-6-10-31(41-33)29-8-2-4-18-39-29/h1-20H,21H2. The molecule has 0 radical (unpaired) electrons. The maximum absolute atomic E-state index is 6.09. The summed E-state index contributed by atoms with van der Waals surface area (Å²) in [4.78, 5) is 18.2. The Morgan fingerprint density at radius 2 is 0.851 bits per heavy atom. The van der Waals surface area contributed by atoms with Crippen molar-refractivity contribution in [1.29, 1.82) is 0 Å². The fourth-order valence-electron chi connectivity index (χ4n) is 5.78. The number of hydrogen-bond donors (Lipinski definition) is 0. The lowest BCUT2D eigenvalue weighted by atomic mass is 10.0. The van der Waals surface area contributed by atoms with E-state index in [1.165, 1.54) is 22.3 Å². The predicted octanol–water partition coefficient (Wildman–Crippen LogP) is 7.61. The highest BCUT2D eigenvalue weighted by Crippen LogP contribution is 2.40. The molecule has 222 valence electrons. The summed E-state index contributed by atoms with van der Waals surface area (Å²) in [5.41, 5.74) is 10.6. The summed E-state index contributed by atoms with van der Waals surface area (Å²) in [6, 6.07) is 35.2. The third kappa shape index (κ3) is 4.94. The molecule has 0 unspecified atom stereocenters. The molecule has 10 heteroatoms. The van der Waals surface area contributed by atoms with Gasteiger partial charge >= 0.3 is 0 Å². The van der Waals surface area contributed by atoms with E-state index in [1.807, 2.05) is 84.9 Å². The zero-order chi connectivity index (χ0) is 31.2. The van der Waals surface area contributed by atoms with Crippen molar-refractivity contribution in [3.63, 3.8) is 0 Å². The van der Waals surface area contributed by atoms with Crippen LogP contribution in [-0.2, 0) is 6.42 Å². The number of pyridine rings is 4. The summed E-state index contributed by atoms with van der Waals surface area (Å²) in [5.74, 6) is 1.57. The molecule has 0 amide bonds. The summed E-state index contributed by atoms with van der Waals surface area (Å²) >= 11 is 0. The Bertz CT molecular complexity index is 2240. The molecule has 6 aromatic heterocycles. The van der Waals surface area contributed by atoms with Crippen LogP contribution in [0.2, 0.25) is 0 Å². The Balaban J connectivity index is 0.956. The topological polar surface area (TPSA) is 129 Å². The van der Waals surface area contributed by atoms with Gasteiger partial charge in [-0.2, -0.15) is 0 Å². The average Bonchev–Trinajstić information content (AvgIpc) is 3.91. The molecule has 8 aromatic rings. The number of nitrogens with zero attached hydrogens (tertiary/aromatic N) is 8. The first-order valence-corrected chi connectivity index (χ1v) is 15.0. The third-order valence-corrected chi connectivity index (χ3v) is 8.02. The molecule has 47 heavy (non-hydrogen) atoms. The van der Waals surface area contributed by atoms with E-state index in [2.05, 4.69) is 54.6 Å². The van der Waals surface area contributed by atoms with Crippen LogP contribution in [-0.4, -0.2) is 40.3 Å². The van der Waals surface area contributed by atoms with Crippen LogP contribution in [0, 0.1) is 0 Å². The van der Waals surface area contributed by atoms with Crippen molar-refractivity contribution in [3.05, 3.63) is 133 Å². The molecule has 9 rings (SSSR count). The molecule has 2 aromatic carbocycles. The fraction of sp³-hybridized carbons (Fsp3) is 0.0270. The van der Waals surface area contributed by atoms with Gasteiger partial charge in [-0.1, -0.05) is 36.4 Å². The highest BCUT2D eigenvalue weighted by Gasteiger charge is 2.23. The Morgan fingerprint density at radius 3 is 1.32 bits per heavy atom. The van der Waals surface area contributed by atoms with Crippen molar-refractivity contribution in [2.24, 2.45) is 0 Å². The minimum Gasteiger partial charge on any atom is -0.415 e. The van der Waals surface area contributed by atoms with Gasteiger partial charge in [0.05, 0.1) is 22.8 Å². The minimum absolute atomic E-state index is 0.351. The Kier molecular flexibility index (Phi) is 6.27. The van der Waals surface area contributed by atoms with E-state index in [0.29, 0.717) is 35.0 Å². The van der Waals surface area contributed by atoms with Gasteiger partial charge in [0.25, 0.3) is 11.8 Å². The number of aromatic nitrogens is 8. The van der Waals surface area contributed by atoms with Crippen LogP contribution in [0.1, 0.15) is 11.1 Å². The van der Waals surface area contributed by atoms with Crippen molar-refractivity contribution in [1.82, 2.24) is 40.3 Å². The number of hydrogen-bond acceptors (Lipinski definition) is 10. The van der Waals surface area contributed by atoms with E-state index in [1.54, 1.807) is 12.4 Å². The van der Waals surface area contributed by atoms with Crippen molar-refractivity contribution in [2.75, 3.05) is 0 Å². The molecule has 0 bridgehead atoms. The van der Waals surface area contributed by atoms with Gasteiger partial charge in [-0.3, -0.25) is 9.97 Å². The predicted molar refractivity (Wildman–Crippen MR) is 174 cm³/mol. The molecule has 1 aliphatic carbocycles. The van der Waals surface area contributed by atoms with Crippen LogP contribution in [0.25, 0.3) is 80.0 Å². The summed E-state index contributed by atoms with van der Waals surface area (Å²) in [5, 5.41) is 17.2. The average molecular weight is 611 g/mol. The second-order valence-corrected chi connectivity index (χ2v) is 11.0.